The number of ether oxygens (including phenoxy) is 2. The van der Waals surface area contributed by atoms with E-state index in [0.717, 1.165) is 45.1 Å². The zero-order valence-electron chi connectivity index (χ0n) is 14.5. The molecular formula is C18H26Br2O2S2. The zero-order chi connectivity index (χ0) is 17.4. The van der Waals surface area contributed by atoms with Crippen LogP contribution in [0.1, 0.15) is 65.2 Å². The summed E-state index contributed by atoms with van der Waals surface area (Å²) in [5, 5.41) is 0. The van der Waals surface area contributed by atoms with Crippen molar-refractivity contribution in [2.75, 3.05) is 13.2 Å². The normalized spacial score (nSPS) is 11.3. The number of unbranched alkanes of at least 4 members (excludes halogenated alkanes) is 6. The topological polar surface area (TPSA) is 18.5 Å². The lowest BCUT2D eigenvalue weighted by Crippen LogP contribution is -1.96. The molecule has 0 aliphatic rings. The van der Waals surface area contributed by atoms with Gasteiger partial charge in [0.25, 0.3) is 0 Å². The molecule has 0 spiro atoms. The Bertz CT molecular complexity index is 568. The van der Waals surface area contributed by atoms with Crippen LogP contribution in [0.4, 0.5) is 0 Å². The molecule has 2 nitrogen and oxygen atoms in total. The summed E-state index contributed by atoms with van der Waals surface area (Å²) in [5.41, 5.74) is 0. The van der Waals surface area contributed by atoms with Crippen molar-refractivity contribution in [3.8, 4) is 11.5 Å². The lowest BCUT2D eigenvalue weighted by atomic mass is 10.2. The minimum atomic E-state index is 0.785. The Kier molecular flexibility index (Phi) is 9.45. The van der Waals surface area contributed by atoms with Gasteiger partial charge in [0.1, 0.15) is 7.57 Å². The number of hydrogen-bond donors (Lipinski definition) is 0. The third-order valence-corrected chi connectivity index (χ3v) is 7.58. The Labute approximate surface area is 170 Å². The van der Waals surface area contributed by atoms with Crippen LogP contribution >= 0.6 is 54.5 Å². The molecule has 2 heterocycles. The van der Waals surface area contributed by atoms with Crippen molar-refractivity contribution in [1.82, 2.24) is 0 Å². The van der Waals surface area contributed by atoms with Crippen LogP contribution in [0.15, 0.2) is 7.57 Å². The van der Waals surface area contributed by atoms with Gasteiger partial charge in [0, 0.05) is 0 Å². The standard InChI is InChI=1S/C18H26Br2O2S2/c1-3-5-7-9-11-21-13-15-16(24-17(13)19)14(18(20)23-15)22-12-10-8-6-4-2/h3-12H2,1-2H3. The van der Waals surface area contributed by atoms with Gasteiger partial charge in [0.15, 0.2) is 11.5 Å². The largest absolute Gasteiger partial charge is 0.490 e. The first-order valence-corrected chi connectivity index (χ1v) is 12.1. The van der Waals surface area contributed by atoms with Crippen molar-refractivity contribution in [3.63, 3.8) is 0 Å². The number of rotatable bonds is 12. The minimum absolute atomic E-state index is 0.785. The van der Waals surface area contributed by atoms with E-state index in [-0.39, 0.29) is 0 Å². The summed E-state index contributed by atoms with van der Waals surface area (Å²) in [5.74, 6) is 1.97. The molecule has 0 saturated heterocycles. The smallest absolute Gasteiger partial charge is 0.162 e. The average molecular weight is 498 g/mol. The maximum Gasteiger partial charge on any atom is 0.162 e. The molecular weight excluding hydrogens is 472 g/mol. The Morgan fingerprint density at radius 1 is 0.667 bits per heavy atom. The first-order chi connectivity index (χ1) is 11.7. The minimum Gasteiger partial charge on any atom is -0.490 e. The van der Waals surface area contributed by atoms with Crippen LogP contribution in [0.2, 0.25) is 0 Å². The van der Waals surface area contributed by atoms with E-state index in [0.29, 0.717) is 0 Å². The lowest BCUT2D eigenvalue weighted by molar-refractivity contribution is 0.307. The Hall–Kier alpha value is 0.220. The van der Waals surface area contributed by atoms with E-state index in [1.165, 1.54) is 47.9 Å². The van der Waals surface area contributed by atoms with Gasteiger partial charge in [-0.15, -0.1) is 22.7 Å². The molecule has 2 aromatic rings. The zero-order valence-corrected chi connectivity index (χ0v) is 19.3. The predicted octanol–water partition coefficient (Wildman–Crippen LogP) is 8.41. The van der Waals surface area contributed by atoms with Gasteiger partial charge in [-0.2, -0.15) is 0 Å². The Balaban J connectivity index is 1.98. The summed E-state index contributed by atoms with van der Waals surface area (Å²) in [4.78, 5) is 0. The van der Waals surface area contributed by atoms with Crippen molar-refractivity contribution < 1.29 is 9.47 Å². The highest BCUT2D eigenvalue weighted by atomic mass is 79.9. The second-order valence-electron chi connectivity index (χ2n) is 5.89. The van der Waals surface area contributed by atoms with Crippen molar-refractivity contribution in [3.05, 3.63) is 7.57 Å². The number of fused-ring (bicyclic) bond motifs is 1. The van der Waals surface area contributed by atoms with Crippen molar-refractivity contribution in [2.24, 2.45) is 0 Å². The third kappa shape index (κ3) is 5.61. The van der Waals surface area contributed by atoms with Crippen LogP contribution in [-0.2, 0) is 0 Å². The molecule has 2 rings (SSSR count). The van der Waals surface area contributed by atoms with Gasteiger partial charge in [0.2, 0.25) is 0 Å². The highest BCUT2D eigenvalue weighted by molar-refractivity contribution is 9.11. The van der Waals surface area contributed by atoms with E-state index in [9.17, 15) is 0 Å². The highest BCUT2D eigenvalue weighted by Gasteiger charge is 2.21. The van der Waals surface area contributed by atoms with Gasteiger partial charge in [-0.25, -0.2) is 0 Å². The van der Waals surface area contributed by atoms with E-state index >= 15 is 0 Å². The van der Waals surface area contributed by atoms with Crippen LogP contribution in [-0.4, -0.2) is 13.2 Å². The first kappa shape index (κ1) is 20.5. The van der Waals surface area contributed by atoms with E-state index in [2.05, 4.69) is 45.7 Å². The second-order valence-corrected chi connectivity index (χ2v) is 10.6. The Morgan fingerprint density at radius 3 is 1.46 bits per heavy atom. The average Bonchev–Trinajstić information content (AvgIpc) is 3.02. The summed E-state index contributed by atoms with van der Waals surface area (Å²) >= 11 is 10.7. The maximum atomic E-state index is 6.06. The predicted molar refractivity (Wildman–Crippen MR) is 114 cm³/mol. The van der Waals surface area contributed by atoms with Gasteiger partial charge in [0.05, 0.1) is 22.6 Å². The fourth-order valence-electron chi connectivity index (χ4n) is 2.49. The molecule has 136 valence electrons. The molecule has 0 saturated carbocycles. The molecule has 0 atom stereocenters. The van der Waals surface area contributed by atoms with E-state index in [4.69, 9.17) is 9.47 Å². The number of halogens is 2. The van der Waals surface area contributed by atoms with Crippen LogP contribution < -0.4 is 9.47 Å². The molecule has 0 fully saturated rings. The molecule has 6 heteroatoms. The fraction of sp³-hybridized carbons (Fsp3) is 0.667. The van der Waals surface area contributed by atoms with Crippen LogP contribution in [0.5, 0.6) is 11.5 Å². The van der Waals surface area contributed by atoms with E-state index in [1.54, 1.807) is 22.7 Å². The molecule has 0 aromatic carbocycles. The number of thiophene rings is 2. The molecule has 2 aromatic heterocycles. The van der Waals surface area contributed by atoms with Gasteiger partial charge < -0.3 is 9.47 Å². The first-order valence-electron chi connectivity index (χ1n) is 8.84. The molecule has 0 N–H and O–H groups in total. The van der Waals surface area contributed by atoms with Crippen LogP contribution in [0.25, 0.3) is 9.40 Å². The van der Waals surface area contributed by atoms with Gasteiger partial charge in [-0.05, 0) is 44.7 Å². The summed E-state index contributed by atoms with van der Waals surface area (Å²) in [6, 6.07) is 0. The van der Waals surface area contributed by atoms with E-state index in [1.807, 2.05) is 0 Å². The fourth-order valence-corrected chi connectivity index (χ4v) is 6.48. The highest BCUT2D eigenvalue weighted by Crippen LogP contribution is 2.53. The monoisotopic (exact) mass is 496 g/mol. The van der Waals surface area contributed by atoms with Crippen LogP contribution in [0, 0.1) is 0 Å². The summed E-state index contributed by atoms with van der Waals surface area (Å²) in [6.07, 6.45) is 9.78. The molecule has 0 amide bonds. The molecule has 24 heavy (non-hydrogen) atoms. The second kappa shape index (κ2) is 11.0. The van der Waals surface area contributed by atoms with Crippen molar-refractivity contribution in [2.45, 2.75) is 65.2 Å². The van der Waals surface area contributed by atoms with Gasteiger partial charge >= 0.3 is 0 Å². The quantitative estimate of drug-likeness (QED) is 0.274. The maximum absolute atomic E-state index is 6.06. The molecule has 0 aliphatic heterocycles. The van der Waals surface area contributed by atoms with E-state index < -0.39 is 0 Å². The SMILES string of the molecule is CCCCCCOc1c(Br)sc2c(OCCCCCC)c(Br)sc12. The van der Waals surface area contributed by atoms with Crippen molar-refractivity contribution >= 4 is 63.9 Å². The van der Waals surface area contributed by atoms with Gasteiger partial charge in [-0.1, -0.05) is 52.4 Å². The third-order valence-electron chi connectivity index (χ3n) is 3.85. The summed E-state index contributed by atoms with van der Waals surface area (Å²) in [6.45, 7) is 6.03. The Morgan fingerprint density at radius 2 is 1.08 bits per heavy atom. The lowest BCUT2D eigenvalue weighted by Gasteiger charge is -2.04. The molecule has 0 radical (unpaired) electrons. The van der Waals surface area contributed by atoms with Crippen molar-refractivity contribution in [1.29, 1.82) is 0 Å². The summed E-state index contributed by atoms with van der Waals surface area (Å²) in [7, 11) is 0. The summed E-state index contributed by atoms with van der Waals surface area (Å²) < 4.78 is 16.6. The van der Waals surface area contributed by atoms with Gasteiger partial charge in [-0.3, -0.25) is 0 Å². The molecule has 0 unspecified atom stereocenters. The number of hydrogen-bond acceptors (Lipinski definition) is 4. The van der Waals surface area contributed by atoms with Crippen LogP contribution in [0.3, 0.4) is 0 Å². The molecule has 0 bridgehead atoms. The molecule has 0 aliphatic carbocycles.